The average molecular weight is 222 g/mol. The minimum atomic E-state index is 0.746. The minimum Gasteiger partial charge on any atom is -0.479 e. The van der Waals surface area contributed by atoms with Crippen LogP contribution in [0.5, 0.6) is 0 Å². The number of aliphatic imine (C=N–C) groups is 1. The van der Waals surface area contributed by atoms with E-state index in [1.165, 1.54) is 11.1 Å². The van der Waals surface area contributed by atoms with Crippen molar-refractivity contribution in [2.45, 2.75) is 20.3 Å². The largest absolute Gasteiger partial charge is 0.479 e. The van der Waals surface area contributed by atoms with Gasteiger partial charge in [-0.15, -0.1) is 0 Å². The normalized spacial score (nSPS) is 15.4. The first-order valence-corrected chi connectivity index (χ1v) is 5.73. The van der Waals surface area contributed by atoms with Crippen molar-refractivity contribution in [1.29, 1.82) is 0 Å². The molecule has 1 aliphatic rings. The van der Waals surface area contributed by atoms with Gasteiger partial charge in [-0.05, 0) is 33.5 Å². The second-order valence-electron chi connectivity index (χ2n) is 4.49. The molecule has 0 saturated heterocycles. The number of hydrogen-bond acceptors (Lipinski definition) is 3. The van der Waals surface area contributed by atoms with Crippen LogP contribution in [-0.4, -0.2) is 44.6 Å². The predicted octanol–water partition coefficient (Wildman–Crippen LogP) is 2.26. The Kier molecular flexibility index (Phi) is 5.26. The first kappa shape index (κ1) is 13.0. The molecule has 0 unspecified atom stereocenters. The van der Waals surface area contributed by atoms with E-state index in [2.05, 4.69) is 50.0 Å². The fourth-order valence-electron chi connectivity index (χ4n) is 1.52. The van der Waals surface area contributed by atoms with Crippen molar-refractivity contribution in [3.63, 3.8) is 0 Å². The summed E-state index contributed by atoms with van der Waals surface area (Å²) in [7, 11) is 4.17. The zero-order valence-electron chi connectivity index (χ0n) is 10.8. The fourth-order valence-corrected chi connectivity index (χ4v) is 1.52. The zero-order chi connectivity index (χ0) is 12.0. The molecule has 16 heavy (non-hydrogen) atoms. The second kappa shape index (κ2) is 6.48. The minimum absolute atomic E-state index is 0.746. The third kappa shape index (κ3) is 4.62. The molecule has 0 aromatic rings. The molecule has 1 aliphatic heterocycles. The number of nitrogens with zero attached hydrogens (tertiary/aromatic N) is 2. The van der Waals surface area contributed by atoms with Crippen molar-refractivity contribution < 1.29 is 4.74 Å². The van der Waals surface area contributed by atoms with Crippen LogP contribution < -0.4 is 0 Å². The Hall–Kier alpha value is -1.09. The van der Waals surface area contributed by atoms with E-state index in [1.54, 1.807) is 0 Å². The van der Waals surface area contributed by atoms with Crippen LogP contribution in [0.1, 0.15) is 20.3 Å². The molecule has 0 N–H and O–H groups in total. The van der Waals surface area contributed by atoms with Gasteiger partial charge in [0.05, 0.1) is 6.54 Å². The third-order valence-electron chi connectivity index (χ3n) is 2.39. The van der Waals surface area contributed by atoms with Gasteiger partial charge in [0.25, 0.3) is 0 Å². The van der Waals surface area contributed by atoms with E-state index < -0.39 is 0 Å². The maximum atomic E-state index is 5.35. The molecule has 0 aromatic carbocycles. The molecule has 1 rings (SSSR count). The molecule has 0 aromatic heterocycles. The molecular weight excluding hydrogens is 200 g/mol. The van der Waals surface area contributed by atoms with E-state index in [4.69, 9.17) is 4.74 Å². The van der Waals surface area contributed by atoms with E-state index >= 15 is 0 Å². The lowest BCUT2D eigenvalue weighted by molar-refractivity contribution is 0.341. The van der Waals surface area contributed by atoms with Gasteiger partial charge < -0.3 is 9.64 Å². The van der Waals surface area contributed by atoms with Crippen molar-refractivity contribution in [2.24, 2.45) is 4.99 Å². The maximum Gasteiger partial charge on any atom is 0.187 e. The number of hydrogen-bond donors (Lipinski definition) is 0. The lowest BCUT2D eigenvalue weighted by Crippen LogP contribution is -2.15. The third-order valence-corrected chi connectivity index (χ3v) is 2.39. The van der Waals surface area contributed by atoms with Crippen LogP contribution in [-0.2, 0) is 4.74 Å². The van der Waals surface area contributed by atoms with E-state index in [1.807, 2.05) is 0 Å². The highest BCUT2D eigenvalue weighted by molar-refractivity contribution is 5.78. The molecular formula is C13H22N2O. The molecule has 0 atom stereocenters. The van der Waals surface area contributed by atoms with Crippen LogP contribution in [0.15, 0.2) is 28.3 Å². The zero-order valence-corrected chi connectivity index (χ0v) is 10.8. The lowest BCUT2D eigenvalue weighted by atomic mass is 10.1. The van der Waals surface area contributed by atoms with Crippen LogP contribution in [0.2, 0.25) is 0 Å². The van der Waals surface area contributed by atoms with Gasteiger partial charge in [0.1, 0.15) is 6.61 Å². The Labute approximate surface area is 98.5 Å². The van der Waals surface area contributed by atoms with Crippen molar-refractivity contribution >= 4 is 5.90 Å². The SMILES string of the molecule is CC(C)=C(/C=C\CC1=NCCO1)CN(C)C. The van der Waals surface area contributed by atoms with Gasteiger partial charge in [0.15, 0.2) is 5.90 Å². The number of allylic oxidation sites excluding steroid dienone is 1. The molecule has 3 nitrogen and oxygen atoms in total. The van der Waals surface area contributed by atoms with E-state index in [9.17, 15) is 0 Å². The van der Waals surface area contributed by atoms with Gasteiger partial charge in [0.2, 0.25) is 0 Å². The van der Waals surface area contributed by atoms with Crippen LogP contribution in [0.4, 0.5) is 0 Å². The highest BCUT2D eigenvalue weighted by Crippen LogP contribution is 2.08. The summed E-state index contributed by atoms with van der Waals surface area (Å²) in [6.07, 6.45) is 5.12. The van der Waals surface area contributed by atoms with E-state index in [0.29, 0.717) is 0 Å². The van der Waals surface area contributed by atoms with Crippen LogP contribution in [0.25, 0.3) is 0 Å². The summed E-state index contributed by atoms with van der Waals surface area (Å²) in [6, 6.07) is 0. The van der Waals surface area contributed by atoms with Gasteiger partial charge >= 0.3 is 0 Å². The molecule has 0 fully saturated rings. The van der Waals surface area contributed by atoms with Gasteiger partial charge in [-0.1, -0.05) is 17.7 Å². The molecule has 0 saturated carbocycles. The van der Waals surface area contributed by atoms with E-state index in [-0.39, 0.29) is 0 Å². The molecule has 3 heteroatoms. The molecule has 0 bridgehead atoms. The molecule has 1 heterocycles. The standard InChI is InChI=1S/C13H22N2O/c1-11(2)12(10-15(3)4)6-5-7-13-14-8-9-16-13/h5-6H,7-10H2,1-4H3/b6-5-. The number of likely N-dealkylation sites (N-methyl/N-ethyl adjacent to an activating group) is 1. The van der Waals surface area contributed by atoms with Gasteiger partial charge in [-0.3, -0.25) is 4.99 Å². The smallest absolute Gasteiger partial charge is 0.187 e. The second-order valence-corrected chi connectivity index (χ2v) is 4.49. The van der Waals surface area contributed by atoms with Gasteiger partial charge in [-0.2, -0.15) is 0 Å². The molecule has 0 spiro atoms. The summed E-state index contributed by atoms with van der Waals surface area (Å²) in [4.78, 5) is 6.43. The summed E-state index contributed by atoms with van der Waals surface area (Å²) in [5.41, 5.74) is 2.72. The first-order chi connectivity index (χ1) is 7.59. The van der Waals surface area contributed by atoms with Crippen molar-refractivity contribution in [1.82, 2.24) is 4.90 Å². The Bertz CT molecular complexity index is 310. The first-order valence-electron chi connectivity index (χ1n) is 5.73. The molecule has 0 aliphatic carbocycles. The van der Waals surface area contributed by atoms with Crippen molar-refractivity contribution in [3.05, 3.63) is 23.3 Å². The molecule has 0 radical (unpaired) electrons. The summed E-state index contributed by atoms with van der Waals surface area (Å²) in [6.45, 7) is 6.83. The lowest BCUT2D eigenvalue weighted by Gasteiger charge is -2.12. The van der Waals surface area contributed by atoms with Gasteiger partial charge in [-0.25, -0.2) is 0 Å². The Morgan fingerprint density at radius 1 is 1.44 bits per heavy atom. The average Bonchev–Trinajstić information content (AvgIpc) is 2.68. The van der Waals surface area contributed by atoms with Crippen LogP contribution >= 0.6 is 0 Å². The highest BCUT2D eigenvalue weighted by Gasteiger charge is 2.04. The Morgan fingerprint density at radius 3 is 2.69 bits per heavy atom. The summed E-state index contributed by atoms with van der Waals surface area (Å²) in [5.74, 6) is 0.870. The summed E-state index contributed by atoms with van der Waals surface area (Å²) < 4.78 is 5.35. The van der Waals surface area contributed by atoms with Crippen molar-refractivity contribution in [2.75, 3.05) is 33.8 Å². The van der Waals surface area contributed by atoms with Gasteiger partial charge in [0, 0.05) is 13.0 Å². The molecule has 90 valence electrons. The Balaban J connectivity index is 2.48. The summed E-state index contributed by atoms with van der Waals surface area (Å²) >= 11 is 0. The summed E-state index contributed by atoms with van der Waals surface area (Å²) in [5, 5.41) is 0. The van der Waals surface area contributed by atoms with Crippen LogP contribution in [0.3, 0.4) is 0 Å². The van der Waals surface area contributed by atoms with Crippen molar-refractivity contribution in [3.8, 4) is 0 Å². The Morgan fingerprint density at radius 2 is 2.19 bits per heavy atom. The quantitative estimate of drug-likeness (QED) is 0.667. The number of rotatable bonds is 5. The highest BCUT2D eigenvalue weighted by atomic mass is 16.5. The predicted molar refractivity (Wildman–Crippen MR) is 68.9 cm³/mol. The monoisotopic (exact) mass is 222 g/mol. The number of ether oxygens (including phenoxy) is 1. The fraction of sp³-hybridized carbons (Fsp3) is 0.615. The molecule has 0 amide bonds. The maximum absolute atomic E-state index is 5.35. The topological polar surface area (TPSA) is 24.8 Å². The van der Waals surface area contributed by atoms with Crippen LogP contribution in [0, 0.1) is 0 Å². The van der Waals surface area contributed by atoms with E-state index in [0.717, 1.165) is 32.0 Å².